The van der Waals surface area contributed by atoms with Crippen LogP contribution in [0.2, 0.25) is 0 Å². The lowest BCUT2D eigenvalue weighted by Gasteiger charge is -2.35. The second kappa shape index (κ2) is 7.25. The van der Waals surface area contributed by atoms with Crippen molar-refractivity contribution in [1.29, 1.82) is 0 Å². The van der Waals surface area contributed by atoms with E-state index in [1.165, 1.54) is 32.1 Å². The van der Waals surface area contributed by atoms with Crippen LogP contribution in [-0.4, -0.2) is 60.5 Å². The lowest BCUT2D eigenvalue weighted by atomic mass is 10.1. The Balaban J connectivity index is 1.95. The standard InChI is InChI=1S/C15H29N3O/c1-3-18(14-8-9-16-12-14)13(2)15(19)17-10-6-4-5-7-11-17/h13-14,16H,3-12H2,1-2H3. The van der Waals surface area contributed by atoms with Crippen LogP contribution in [0.5, 0.6) is 0 Å². The zero-order valence-corrected chi connectivity index (χ0v) is 12.5. The number of carbonyl (C=O) groups is 1. The summed E-state index contributed by atoms with van der Waals surface area (Å²) in [5.74, 6) is 0.343. The number of rotatable bonds is 4. The fraction of sp³-hybridized carbons (Fsp3) is 0.933. The van der Waals surface area contributed by atoms with Gasteiger partial charge < -0.3 is 10.2 Å². The Hall–Kier alpha value is -0.610. The summed E-state index contributed by atoms with van der Waals surface area (Å²) in [6.45, 7) is 9.28. The van der Waals surface area contributed by atoms with Crippen molar-refractivity contribution in [2.24, 2.45) is 0 Å². The topological polar surface area (TPSA) is 35.6 Å². The molecule has 1 N–H and O–H groups in total. The molecule has 0 aromatic carbocycles. The summed E-state index contributed by atoms with van der Waals surface area (Å²) in [7, 11) is 0. The highest BCUT2D eigenvalue weighted by Gasteiger charge is 2.31. The largest absolute Gasteiger partial charge is 0.341 e. The first-order valence-electron chi connectivity index (χ1n) is 7.99. The van der Waals surface area contributed by atoms with Crippen LogP contribution in [-0.2, 0) is 4.79 Å². The molecule has 19 heavy (non-hydrogen) atoms. The molecule has 2 unspecified atom stereocenters. The number of likely N-dealkylation sites (N-methyl/N-ethyl adjacent to an activating group) is 1. The van der Waals surface area contributed by atoms with Gasteiger partial charge in [0.1, 0.15) is 0 Å². The van der Waals surface area contributed by atoms with Crippen LogP contribution in [0, 0.1) is 0 Å². The maximum Gasteiger partial charge on any atom is 0.239 e. The highest BCUT2D eigenvalue weighted by Crippen LogP contribution is 2.16. The first kappa shape index (κ1) is 14.8. The molecule has 2 fully saturated rings. The van der Waals surface area contributed by atoms with Gasteiger partial charge in [-0.05, 0) is 39.3 Å². The highest BCUT2D eigenvalue weighted by molar-refractivity contribution is 5.81. The second-order valence-electron chi connectivity index (χ2n) is 5.89. The van der Waals surface area contributed by atoms with E-state index in [1.54, 1.807) is 0 Å². The molecule has 4 heteroatoms. The SMILES string of the molecule is CCN(C1CCNC1)C(C)C(=O)N1CCCCCC1. The molecule has 4 nitrogen and oxygen atoms in total. The van der Waals surface area contributed by atoms with Gasteiger partial charge in [-0.25, -0.2) is 0 Å². The van der Waals surface area contributed by atoms with E-state index in [1.807, 2.05) is 0 Å². The number of likely N-dealkylation sites (tertiary alicyclic amines) is 1. The van der Waals surface area contributed by atoms with Crippen LogP contribution < -0.4 is 5.32 Å². The Labute approximate surface area is 117 Å². The minimum Gasteiger partial charge on any atom is -0.341 e. The predicted octanol–water partition coefficient (Wildman–Crippen LogP) is 1.46. The molecule has 0 saturated carbocycles. The van der Waals surface area contributed by atoms with E-state index in [4.69, 9.17) is 0 Å². The molecule has 0 bridgehead atoms. The summed E-state index contributed by atoms with van der Waals surface area (Å²) in [6.07, 6.45) is 6.08. The van der Waals surface area contributed by atoms with Crippen LogP contribution in [0.3, 0.4) is 0 Å². The molecule has 0 spiro atoms. The van der Waals surface area contributed by atoms with Crippen molar-refractivity contribution >= 4 is 5.91 Å². The molecule has 1 amide bonds. The van der Waals surface area contributed by atoms with Crippen molar-refractivity contribution in [3.63, 3.8) is 0 Å². The van der Waals surface area contributed by atoms with Gasteiger partial charge in [0, 0.05) is 25.7 Å². The summed E-state index contributed by atoms with van der Waals surface area (Å²) >= 11 is 0. The maximum atomic E-state index is 12.7. The molecule has 2 aliphatic heterocycles. The Morgan fingerprint density at radius 2 is 2.00 bits per heavy atom. The minimum atomic E-state index is 0.0352. The summed E-state index contributed by atoms with van der Waals surface area (Å²) in [5.41, 5.74) is 0. The number of nitrogens with zero attached hydrogens (tertiary/aromatic N) is 2. The number of amides is 1. The van der Waals surface area contributed by atoms with Crippen molar-refractivity contribution in [2.45, 2.75) is 58.0 Å². The number of carbonyl (C=O) groups excluding carboxylic acids is 1. The Bertz CT molecular complexity index is 281. The van der Waals surface area contributed by atoms with E-state index < -0.39 is 0 Å². The van der Waals surface area contributed by atoms with Gasteiger partial charge in [0.15, 0.2) is 0 Å². The quantitative estimate of drug-likeness (QED) is 0.837. The molecule has 0 radical (unpaired) electrons. The lowest BCUT2D eigenvalue weighted by Crippen LogP contribution is -2.51. The van der Waals surface area contributed by atoms with E-state index in [0.717, 1.165) is 32.7 Å². The maximum absolute atomic E-state index is 12.7. The number of nitrogens with one attached hydrogen (secondary N) is 1. The average molecular weight is 267 g/mol. The summed E-state index contributed by atoms with van der Waals surface area (Å²) in [4.78, 5) is 17.2. The normalized spacial score (nSPS) is 26.5. The molecule has 2 heterocycles. The van der Waals surface area contributed by atoms with Crippen LogP contribution in [0.25, 0.3) is 0 Å². The fourth-order valence-electron chi connectivity index (χ4n) is 3.47. The molecule has 0 aliphatic carbocycles. The van der Waals surface area contributed by atoms with Gasteiger partial charge in [-0.3, -0.25) is 9.69 Å². The van der Waals surface area contributed by atoms with Crippen molar-refractivity contribution in [3.8, 4) is 0 Å². The highest BCUT2D eigenvalue weighted by atomic mass is 16.2. The second-order valence-corrected chi connectivity index (χ2v) is 5.89. The monoisotopic (exact) mass is 267 g/mol. The molecular formula is C15H29N3O. The fourth-order valence-corrected chi connectivity index (χ4v) is 3.47. The summed E-state index contributed by atoms with van der Waals surface area (Å²) in [6, 6.07) is 0.573. The molecule has 110 valence electrons. The zero-order chi connectivity index (χ0) is 13.7. The van der Waals surface area contributed by atoms with E-state index in [-0.39, 0.29) is 6.04 Å². The molecular weight excluding hydrogens is 238 g/mol. The lowest BCUT2D eigenvalue weighted by molar-refractivity contribution is -0.137. The molecule has 0 aromatic rings. The van der Waals surface area contributed by atoms with Crippen LogP contribution in [0.1, 0.15) is 46.0 Å². The van der Waals surface area contributed by atoms with Gasteiger partial charge >= 0.3 is 0 Å². The molecule has 0 aromatic heterocycles. The Morgan fingerprint density at radius 1 is 1.32 bits per heavy atom. The van der Waals surface area contributed by atoms with Crippen LogP contribution in [0.15, 0.2) is 0 Å². The third-order valence-electron chi connectivity index (χ3n) is 4.64. The third-order valence-corrected chi connectivity index (χ3v) is 4.64. The van der Waals surface area contributed by atoms with Gasteiger partial charge in [0.25, 0.3) is 0 Å². The number of hydrogen-bond acceptors (Lipinski definition) is 3. The zero-order valence-electron chi connectivity index (χ0n) is 12.5. The third kappa shape index (κ3) is 3.69. The van der Waals surface area contributed by atoms with Crippen molar-refractivity contribution in [3.05, 3.63) is 0 Å². The predicted molar refractivity (Wildman–Crippen MR) is 78.2 cm³/mol. The molecule has 2 rings (SSSR count). The first-order valence-corrected chi connectivity index (χ1v) is 7.99. The van der Waals surface area contributed by atoms with Crippen LogP contribution in [0.4, 0.5) is 0 Å². The van der Waals surface area contributed by atoms with Crippen molar-refractivity contribution < 1.29 is 4.79 Å². The first-order chi connectivity index (χ1) is 9.24. The van der Waals surface area contributed by atoms with Gasteiger partial charge in [-0.1, -0.05) is 19.8 Å². The van der Waals surface area contributed by atoms with E-state index in [0.29, 0.717) is 11.9 Å². The number of hydrogen-bond donors (Lipinski definition) is 1. The van der Waals surface area contributed by atoms with Gasteiger partial charge in [-0.2, -0.15) is 0 Å². The smallest absolute Gasteiger partial charge is 0.239 e. The van der Waals surface area contributed by atoms with E-state index in [9.17, 15) is 4.79 Å². The van der Waals surface area contributed by atoms with Crippen molar-refractivity contribution in [2.75, 3.05) is 32.7 Å². The van der Waals surface area contributed by atoms with Gasteiger partial charge in [0.05, 0.1) is 6.04 Å². The Morgan fingerprint density at radius 3 is 2.53 bits per heavy atom. The average Bonchev–Trinajstić information content (AvgIpc) is 2.80. The van der Waals surface area contributed by atoms with E-state index in [2.05, 4.69) is 29.0 Å². The summed E-state index contributed by atoms with van der Waals surface area (Å²) < 4.78 is 0. The van der Waals surface area contributed by atoms with E-state index >= 15 is 0 Å². The molecule has 2 atom stereocenters. The molecule has 2 aliphatic rings. The van der Waals surface area contributed by atoms with Gasteiger partial charge in [0.2, 0.25) is 5.91 Å². The van der Waals surface area contributed by atoms with Crippen molar-refractivity contribution in [1.82, 2.24) is 15.1 Å². The van der Waals surface area contributed by atoms with Gasteiger partial charge in [-0.15, -0.1) is 0 Å². The molecule has 2 saturated heterocycles. The minimum absolute atomic E-state index is 0.0352. The summed E-state index contributed by atoms with van der Waals surface area (Å²) in [5, 5.41) is 3.40. The Kier molecular flexibility index (Phi) is 5.64. The van der Waals surface area contributed by atoms with Crippen LogP contribution >= 0.6 is 0 Å².